The van der Waals surface area contributed by atoms with Crippen molar-refractivity contribution in [2.45, 2.75) is 19.3 Å². The highest BCUT2D eigenvalue weighted by Gasteiger charge is 2.16. The first kappa shape index (κ1) is 19.3. The Morgan fingerprint density at radius 2 is 1.83 bits per heavy atom. The molecule has 7 nitrogen and oxygen atoms in total. The molecule has 158 valence electrons. The van der Waals surface area contributed by atoms with Gasteiger partial charge in [0, 0.05) is 38.3 Å². The minimum absolute atomic E-state index is 0.753. The summed E-state index contributed by atoms with van der Waals surface area (Å²) in [6.07, 6.45) is 5.23. The number of rotatable bonds is 3. The van der Waals surface area contributed by atoms with Gasteiger partial charge in [-0.25, -0.2) is 9.50 Å². The molecule has 30 heavy (non-hydrogen) atoms. The molecular weight excluding hydrogens is 378 g/mol. The molecule has 4 heterocycles. The lowest BCUT2D eigenvalue weighted by molar-refractivity contribution is 0.0391. The highest BCUT2D eigenvalue weighted by Crippen LogP contribution is 2.26. The molecule has 0 spiro atoms. The number of aromatic nitrogens is 3. The fourth-order valence-electron chi connectivity index (χ4n) is 4.17. The third kappa shape index (κ3) is 4.27. The van der Waals surface area contributed by atoms with Crippen LogP contribution in [0.1, 0.15) is 19.3 Å². The molecule has 0 aliphatic carbocycles. The van der Waals surface area contributed by atoms with Crippen molar-refractivity contribution in [1.29, 1.82) is 0 Å². The number of hydrogen-bond donors (Lipinski definition) is 0. The van der Waals surface area contributed by atoms with E-state index >= 15 is 0 Å². The van der Waals surface area contributed by atoms with Gasteiger partial charge in [-0.3, -0.25) is 4.90 Å². The first-order chi connectivity index (χ1) is 14.9. The molecule has 4 bridgehead atoms. The third-order valence-corrected chi connectivity index (χ3v) is 5.93. The molecule has 0 unspecified atom stereocenters. The van der Waals surface area contributed by atoms with E-state index in [0.717, 1.165) is 100 Å². The highest BCUT2D eigenvalue weighted by atomic mass is 16.5. The van der Waals surface area contributed by atoms with Crippen LogP contribution in [0.25, 0.3) is 16.9 Å². The SMILES string of the molecule is c1cc2cc(c1)-c1cnc3ccc(nn13)N(CCN1CCOCC1)CCCCCO2. The lowest BCUT2D eigenvalue weighted by Gasteiger charge is -2.30. The van der Waals surface area contributed by atoms with Crippen LogP contribution in [0.5, 0.6) is 5.75 Å². The highest BCUT2D eigenvalue weighted by molar-refractivity contribution is 5.65. The second-order valence-corrected chi connectivity index (χ2v) is 7.98. The number of nitrogens with zero attached hydrogens (tertiary/aromatic N) is 5. The molecule has 0 radical (unpaired) electrons. The first-order valence-corrected chi connectivity index (χ1v) is 11.0. The molecule has 2 aromatic heterocycles. The van der Waals surface area contributed by atoms with E-state index in [-0.39, 0.29) is 0 Å². The van der Waals surface area contributed by atoms with Gasteiger partial charge in [0.2, 0.25) is 0 Å². The number of fused-ring (bicyclic) bond motifs is 4. The summed E-state index contributed by atoms with van der Waals surface area (Å²) in [6, 6.07) is 12.4. The van der Waals surface area contributed by atoms with Crippen molar-refractivity contribution in [3.05, 3.63) is 42.6 Å². The van der Waals surface area contributed by atoms with Crippen LogP contribution in [0, 0.1) is 0 Å². The van der Waals surface area contributed by atoms with Crippen molar-refractivity contribution in [2.24, 2.45) is 0 Å². The number of benzene rings is 1. The molecule has 7 heteroatoms. The number of anilines is 1. The van der Waals surface area contributed by atoms with Gasteiger partial charge in [-0.15, -0.1) is 5.10 Å². The fraction of sp³-hybridized carbons (Fsp3) is 0.478. The van der Waals surface area contributed by atoms with Crippen molar-refractivity contribution in [1.82, 2.24) is 19.5 Å². The minimum atomic E-state index is 0.753. The topological polar surface area (TPSA) is 55.1 Å². The average Bonchev–Trinajstić information content (AvgIpc) is 3.22. The molecule has 0 atom stereocenters. The number of imidazole rings is 1. The Morgan fingerprint density at radius 1 is 0.900 bits per heavy atom. The molecule has 2 aliphatic rings. The summed E-state index contributed by atoms with van der Waals surface area (Å²) in [5.74, 6) is 1.92. The van der Waals surface area contributed by atoms with Gasteiger partial charge in [0.05, 0.1) is 31.7 Å². The second kappa shape index (κ2) is 9.02. The van der Waals surface area contributed by atoms with Crippen molar-refractivity contribution < 1.29 is 9.47 Å². The first-order valence-electron chi connectivity index (χ1n) is 11.0. The average molecular weight is 408 g/mol. The van der Waals surface area contributed by atoms with E-state index < -0.39 is 0 Å². The van der Waals surface area contributed by atoms with Crippen LogP contribution in [0.2, 0.25) is 0 Å². The van der Waals surface area contributed by atoms with Gasteiger partial charge in [0.15, 0.2) is 5.65 Å². The molecule has 0 N–H and O–H groups in total. The summed E-state index contributed by atoms with van der Waals surface area (Å²) < 4.78 is 13.4. The maximum absolute atomic E-state index is 5.99. The quantitative estimate of drug-likeness (QED) is 0.665. The zero-order chi connectivity index (χ0) is 20.2. The Balaban J connectivity index is 1.46. The van der Waals surface area contributed by atoms with Gasteiger partial charge in [0.1, 0.15) is 11.6 Å². The largest absolute Gasteiger partial charge is 0.494 e. The number of morpholine rings is 1. The summed E-state index contributed by atoms with van der Waals surface area (Å²) in [5.41, 5.74) is 2.92. The van der Waals surface area contributed by atoms with Gasteiger partial charge >= 0.3 is 0 Å². The van der Waals surface area contributed by atoms with Gasteiger partial charge in [-0.05, 0) is 43.5 Å². The summed E-state index contributed by atoms with van der Waals surface area (Å²) in [6.45, 7) is 7.45. The van der Waals surface area contributed by atoms with E-state index in [2.05, 4.69) is 39.0 Å². The lowest BCUT2D eigenvalue weighted by atomic mass is 10.1. The molecule has 1 aromatic carbocycles. The van der Waals surface area contributed by atoms with Crippen LogP contribution in [-0.4, -0.2) is 72.0 Å². The van der Waals surface area contributed by atoms with Gasteiger partial charge < -0.3 is 14.4 Å². The van der Waals surface area contributed by atoms with Gasteiger partial charge in [-0.2, -0.15) is 0 Å². The molecule has 1 fully saturated rings. The van der Waals surface area contributed by atoms with Crippen LogP contribution >= 0.6 is 0 Å². The van der Waals surface area contributed by atoms with E-state index in [9.17, 15) is 0 Å². The summed E-state index contributed by atoms with van der Waals surface area (Å²) in [5, 5.41) is 5.00. The van der Waals surface area contributed by atoms with Crippen LogP contribution in [0.3, 0.4) is 0 Å². The Labute approximate surface area is 177 Å². The number of ether oxygens (including phenoxy) is 2. The monoisotopic (exact) mass is 407 g/mol. The second-order valence-electron chi connectivity index (χ2n) is 7.98. The molecule has 0 amide bonds. The van der Waals surface area contributed by atoms with Gasteiger partial charge in [-0.1, -0.05) is 12.1 Å². The maximum Gasteiger partial charge on any atom is 0.154 e. The Hall–Kier alpha value is -2.64. The van der Waals surface area contributed by atoms with E-state index in [1.807, 2.05) is 22.8 Å². The van der Waals surface area contributed by atoms with Crippen molar-refractivity contribution in [3.8, 4) is 17.0 Å². The summed E-state index contributed by atoms with van der Waals surface area (Å²) in [7, 11) is 0. The van der Waals surface area contributed by atoms with Crippen molar-refractivity contribution in [3.63, 3.8) is 0 Å². The maximum atomic E-state index is 5.99. The predicted octanol–water partition coefficient (Wildman–Crippen LogP) is 3.10. The third-order valence-electron chi connectivity index (χ3n) is 5.93. The lowest BCUT2D eigenvalue weighted by Crippen LogP contribution is -2.42. The normalized spacial score (nSPS) is 18.3. The van der Waals surface area contributed by atoms with Crippen LogP contribution in [-0.2, 0) is 4.74 Å². The standard InChI is InChI=1S/C23H29N5O2/c1-2-9-27(11-10-26-12-15-29-16-13-26)23-8-7-22-24-18-21(28(22)25-23)19-5-4-6-20(17-19)30-14-3-1/h4-8,17-18H,1-3,9-16H2. The van der Waals surface area contributed by atoms with Crippen LogP contribution in [0.4, 0.5) is 5.82 Å². The number of hydrogen-bond acceptors (Lipinski definition) is 6. The summed E-state index contributed by atoms with van der Waals surface area (Å²) >= 11 is 0. The van der Waals surface area contributed by atoms with E-state index in [0.29, 0.717) is 0 Å². The zero-order valence-electron chi connectivity index (χ0n) is 17.4. The molecule has 3 aromatic rings. The Kier molecular flexibility index (Phi) is 5.81. The van der Waals surface area contributed by atoms with Crippen LogP contribution in [0.15, 0.2) is 42.6 Å². The summed E-state index contributed by atoms with van der Waals surface area (Å²) in [4.78, 5) is 9.47. The minimum Gasteiger partial charge on any atom is -0.494 e. The van der Waals surface area contributed by atoms with Crippen molar-refractivity contribution >= 4 is 11.5 Å². The predicted molar refractivity (Wildman–Crippen MR) is 117 cm³/mol. The van der Waals surface area contributed by atoms with E-state index in [4.69, 9.17) is 14.6 Å². The Bertz CT molecular complexity index is 983. The van der Waals surface area contributed by atoms with E-state index in [1.165, 1.54) is 0 Å². The van der Waals surface area contributed by atoms with Crippen LogP contribution < -0.4 is 9.64 Å². The van der Waals surface area contributed by atoms with Crippen molar-refractivity contribution in [2.75, 3.05) is 57.4 Å². The zero-order valence-corrected chi connectivity index (χ0v) is 17.4. The Morgan fingerprint density at radius 3 is 2.77 bits per heavy atom. The molecule has 0 saturated carbocycles. The van der Waals surface area contributed by atoms with Gasteiger partial charge in [0.25, 0.3) is 0 Å². The fourth-order valence-corrected chi connectivity index (χ4v) is 4.17. The molecule has 5 rings (SSSR count). The molecular formula is C23H29N5O2. The molecule has 2 aliphatic heterocycles. The van der Waals surface area contributed by atoms with E-state index in [1.54, 1.807) is 0 Å². The smallest absolute Gasteiger partial charge is 0.154 e. The molecule has 1 saturated heterocycles.